The van der Waals surface area contributed by atoms with Crippen LogP contribution in [0.1, 0.15) is 6.42 Å². The Hall–Kier alpha value is -1.63. The molecule has 124 valence electrons. The fourth-order valence-corrected chi connectivity index (χ4v) is 0.894. The number of aliphatic hydroxyl groups is 5. The fraction of sp³-hybridized carbons (Fsp3) is 0.700. The van der Waals surface area contributed by atoms with Crippen molar-refractivity contribution in [2.75, 3.05) is 6.61 Å². The first-order chi connectivity index (χ1) is 9.58. The predicted octanol–water partition coefficient (Wildman–Crippen LogP) is -4.51. The molecule has 9 N–H and O–H groups in total. The van der Waals surface area contributed by atoms with Crippen LogP contribution in [-0.4, -0.2) is 91.0 Å². The second-order valence-electron chi connectivity index (χ2n) is 3.90. The standard InChI is InChI=1S/C6H12O6.C4H7NO4/c7-1-3(9)5(11)6(12)4(10)2-8;5-2(4(8)9)1-3(6)7/h1,3-6,8-12H,2H2;2H,1,5H2,(H,6,7)(H,8,9)/t3-,4+,5+,6+;/m0./s1. The van der Waals surface area contributed by atoms with Gasteiger partial charge in [0.1, 0.15) is 30.5 Å². The number of hydrogen-bond acceptors (Lipinski definition) is 9. The number of hydrogen-bond donors (Lipinski definition) is 8. The monoisotopic (exact) mass is 313 g/mol. The molecule has 0 bridgehead atoms. The highest BCUT2D eigenvalue weighted by atomic mass is 16.4. The Balaban J connectivity index is 0. The van der Waals surface area contributed by atoms with Gasteiger partial charge in [-0.05, 0) is 0 Å². The zero-order valence-electron chi connectivity index (χ0n) is 10.8. The van der Waals surface area contributed by atoms with E-state index in [1.54, 1.807) is 0 Å². The maximum atomic E-state index is 9.90. The molecule has 0 aliphatic carbocycles. The largest absolute Gasteiger partial charge is 0.481 e. The summed E-state index contributed by atoms with van der Waals surface area (Å²) in [6.45, 7) is -0.760. The molecule has 11 heteroatoms. The highest BCUT2D eigenvalue weighted by Crippen LogP contribution is 2.02. The van der Waals surface area contributed by atoms with Gasteiger partial charge < -0.3 is 46.3 Å². The van der Waals surface area contributed by atoms with Crippen LogP contribution in [0.3, 0.4) is 0 Å². The lowest BCUT2D eigenvalue weighted by Crippen LogP contribution is -2.46. The lowest BCUT2D eigenvalue weighted by Gasteiger charge is -2.22. The van der Waals surface area contributed by atoms with Crippen molar-refractivity contribution in [3.63, 3.8) is 0 Å². The number of carbonyl (C=O) groups is 3. The molecule has 0 saturated carbocycles. The molecule has 0 aliphatic heterocycles. The number of aldehydes is 1. The lowest BCUT2D eigenvalue weighted by molar-refractivity contribution is -0.144. The van der Waals surface area contributed by atoms with Gasteiger partial charge in [0.15, 0.2) is 6.29 Å². The van der Waals surface area contributed by atoms with Gasteiger partial charge in [0, 0.05) is 0 Å². The summed E-state index contributed by atoms with van der Waals surface area (Å²) in [6, 6.07) is -1.29. The minimum absolute atomic E-state index is 0.0258. The molecule has 5 atom stereocenters. The van der Waals surface area contributed by atoms with Crippen molar-refractivity contribution in [1.82, 2.24) is 0 Å². The van der Waals surface area contributed by atoms with E-state index >= 15 is 0 Å². The number of nitrogens with two attached hydrogens (primary N) is 1. The van der Waals surface area contributed by atoms with E-state index in [-0.39, 0.29) is 6.29 Å². The molecule has 0 fully saturated rings. The highest BCUT2D eigenvalue weighted by molar-refractivity contribution is 5.80. The first-order valence-electron chi connectivity index (χ1n) is 5.57. The zero-order chi connectivity index (χ0) is 17.2. The molecule has 0 saturated heterocycles. The third-order valence-electron chi connectivity index (χ3n) is 2.13. The van der Waals surface area contributed by atoms with E-state index in [9.17, 15) is 14.4 Å². The van der Waals surface area contributed by atoms with Crippen LogP contribution in [0.15, 0.2) is 0 Å². The SMILES string of the molecule is NC(CC(=O)O)C(=O)O.O=C[C@H](O)[C@@H](O)[C@H](O)[C@H](O)CO. The normalized spacial score (nSPS) is 17.4. The molecule has 0 aromatic rings. The summed E-state index contributed by atoms with van der Waals surface area (Å²) >= 11 is 0. The number of carboxylic acids is 2. The van der Waals surface area contributed by atoms with E-state index in [4.69, 9.17) is 41.5 Å². The van der Waals surface area contributed by atoms with E-state index in [0.29, 0.717) is 0 Å². The number of carboxylic acid groups (broad SMARTS) is 2. The minimum atomic E-state index is -1.79. The second-order valence-corrected chi connectivity index (χ2v) is 3.90. The number of carbonyl (C=O) groups excluding carboxylic acids is 1. The molecule has 0 rings (SSSR count). The third kappa shape index (κ3) is 9.84. The Morgan fingerprint density at radius 3 is 1.76 bits per heavy atom. The molecular weight excluding hydrogens is 294 g/mol. The molecule has 0 spiro atoms. The van der Waals surface area contributed by atoms with E-state index in [1.165, 1.54) is 0 Å². The van der Waals surface area contributed by atoms with Crippen molar-refractivity contribution in [3.8, 4) is 0 Å². The summed E-state index contributed by atoms with van der Waals surface area (Å²) in [5.74, 6) is -2.50. The number of rotatable bonds is 8. The van der Waals surface area contributed by atoms with Crippen molar-refractivity contribution in [3.05, 3.63) is 0 Å². The van der Waals surface area contributed by atoms with Gasteiger partial charge in [0.2, 0.25) is 0 Å². The van der Waals surface area contributed by atoms with Crippen LogP contribution in [0.5, 0.6) is 0 Å². The molecule has 0 aliphatic rings. The molecule has 0 aromatic heterocycles. The van der Waals surface area contributed by atoms with Gasteiger partial charge in [-0.2, -0.15) is 0 Å². The molecule has 0 heterocycles. The third-order valence-corrected chi connectivity index (χ3v) is 2.13. The minimum Gasteiger partial charge on any atom is -0.481 e. The van der Waals surface area contributed by atoms with Crippen LogP contribution in [-0.2, 0) is 14.4 Å². The summed E-state index contributed by atoms with van der Waals surface area (Å²) in [7, 11) is 0. The van der Waals surface area contributed by atoms with Crippen LogP contribution in [0.2, 0.25) is 0 Å². The maximum Gasteiger partial charge on any atom is 0.321 e. The summed E-state index contributed by atoms with van der Waals surface area (Å²) < 4.78 is 0. The van der Waals surface area contributed by atoms with Gasteiger partial charge in [0.25, 0.3) is 0 Å². The summed E-state index contributed by atoms with van der Waals surface area (Å²) in [4.78, 5) is 29.5. The summed E-state index contributed by atoms with van der Waals surface area (Å²) in [6.07, 6.45) is -7.37. The van der Waals surface area contributed by atoms with E-state index in [0.717, 1.165) is 0 Å². The van der Waals surface area contributed by atoms with Gasteiger partial charge in [-0.1, -0.05) is 0 Å². The zero-order valence-corrected chi connectivity index (χ0v) is 10.8. The first-order valence-corrected chi connectivity index (χ1v) is 5.57. The smallest absolute Gasteiger partial charge is 0.321 e. The van der Waals surface area contributed by atoms with Crippen molar-refractivity contribution >= 4 is 18.2 Å². The maximum absolute atomic E-state index is 9.90. The van der Waals surface area contributed by atoms with Crippen LogP contribution >= 0.6 is 0 Å². The van der Waals surface area contributed by atoms with Gasteiger partial charge in [0.05, 0.1) is 13.0 Å². The van der Waals surface area contributed by atoms with Crippen molar-refractivity contribution in [2.45, 2.75) is 36.9 Å². The van der Waals surface area contributed by atoms with Crippen molar-refractivity contribution in [2.24, 2.45) is 5.73 Å². The Morgan fingerprint density at radius 1 is 1.05 bits per heavy atom. The topological polar surface area (TPSA) is 219 Å². The molecule has 0 amide bonds. The van der Waals surface area contributed by atoms with Crippen LogP contribution in [0.25, 0.3) is 0 Å². The summed E-state index contributed by atoms with van der Waals surface area (Å²) in [5, 5.41) is 59.6. The van der Waals surface area contributed by atoms with Crippen LogP contribution < -0.4 is 5.73 Å². The molecular formula is C10H19NO10. The Kier molecular flexibility index (Phi) is 11.4. The Bertz CT molecular complexity index is 336. The van der Waals surface area contributed by atoms with E-state index < -0.39 is 55.4 Å². The number of aliphatic hydroxyl groups excluding tert-OH is 5. The van der Waals surface area contributed by atoms with E-state index in [2.05, 4.69) is 0 Å². The highest BCUT2D eigenvalue weighted by Gasteiger charge is 2.29. The average Bonchev–Trinajstić information content (AvgIpc) is 2.43. The van der Waals surface area contributed by atoms with Crippen LogP contribution in [0.4, 0.5) is 0 Å². The van der Waals surface area contributed by atoms with Crippen LogP contribution in [0, 0.1) is 0 Å². The molecule has 21 heavy (non-hydrogen) atoms. The molecule has 1 unspecified atom stereocenters. The quantitative estimate of drug-likeness (QED) is 0.199. The average molecular weight is 313 g/mol. The van der Waals surface area contributed by atoms with Gasteiger partial charge in [-0.25, -0.2) is 0 Å². The Labute approximate surface area is 118 Å². The molecule has 0 radical (unpaired) electrons. The lowest BCUT2D eigenvalue weighted by atomic mass is 10.0. The van der Waals surface area contributed by atoms with Gasteiger partial charge >= 0.3 is 11.9 Å². The number of aliphatic carboxylic acids is 2. The Morgan fingerprint density at radius 2 is 1.52 bits per heavy atom. The second kappa shape index (κ2) is 11.1. The predicted molar refractivity (Wildman–Crippen MR) is 65.0 cm³/mol. The van der Waals surface area contributed by atoms with Gasteiger partial charge in [-0.3, -0.25) is 9.59 Å². The summed E-state index contributed by atoms with van der Waals surface area (Å²) in [5.41, 5.74) is 4.84. The fourth-order valence-electron chi connectivity index (χ4n) is 0.894. The van der Waals surface area contributed by atoms with E-state index in [1.807, 2.05) is 0 Å². The van der Waals surface area contributed by atoms with Crippen molar-refractivity contribution in [1.29, 1.82) is 0 Å². The molecule has 11 nitrogen and oxygen atoms in total. The first kappa shape index (κ1) is 21.7. The molecule has 0 aromatic carbocycles. The van der Waals surface area contributed by atoms with Crippen molar-refractivity contribution < 1.29 is 50.1 Å². The van der Waals surface area contributed by atoms with Gasteiger partial charge in [-0.15, -0.1) is 0 Å².